The molecule has 2 rings (SSSR count). The van der Waals surface area contributed by atoms with Crippen LogP contribution in [0.1, 0.15) is 32.6 Å². The second kappa shape index (κ2) is 3.59. The second-order valence-corrected chi connectivity index (χ2v) is 5.29. The molecule has 0 bridgehead atoms. The Balaban J connectivity index is 2.05. The quantitative estimate of drug-likeness (QED) is 0.672. The molecule has 2 atom stereocenters. The van der Waals surface area contributed by atoms with E-state index < -0.39 is 0 Å². The third-order valence-electron chi connectivity index (χ3n) is 3.51. The molecular weight excluding hydrogens is 166 g/mol. The summed E-state index contributed by atoms with van der Waals surface area (Å²) >= 11 is 2.17. The molecule has 0 aliphatic carbocycles. The maximum atomic E-state index is 3.65. The van der Waals surface area contributed by atoms with E-state index in [-0.39, 0.29) is 0 Å². The fraction of sp³-hybridized carbons (Fsp3) is 1.00. The molecule has 70 valence electrons. The summed E-state index contributed by atoms with van der Waals surface area (Å²) in [5, 5.41) is 3.65. The molecule has 0 aromatic carbocycles. The van der Waals surface area contributed by atoms with E-state index in [0.717, 1.165) is 6.04 Å². The van der Waals surface area contributed by atoms with Crippen LogP contribution in [0.3, 0.4) is 0 Å². The first kappa shape index (κ1) is 8.89. The molecule has 2 heterocycles. The van der Waals surface area contributed by atoms with E-state index in [1.807, 2.05) is 0 Å². The minimum atomic E-state index is 0.692. The van der Waals surface area contributed by atoms with Crippen molar-refractivity contribution in [3.8, 4) is 0 Å². The Morgan fingerprint density at radius 1 is 1.50 bits per heavy atom. The SMILES string of the molecule is CCC1NCCC12CCCSC2. The number of hydrogen-bond donors (Lipinski definition) is 1. The monoisotopic (exact) mass is 185 g/mol. The number of rotatable bonds is 1. The normalized spacial score (nSPS) is 42.2. The largest absolute Gasteiger partial charge is 0.313 e. The molecule has 0 aromatic rings. The molecule has 2 heteroatoms. The summed E-state index contributed by atoms with van der Waals surface area (Å²) in [6.07, 6.45) is 5.67. The van der Waals surface area contributed by atoms with Crippen LogP contribution >= 0.6 is 11.8 Å². The maximum Gasteiger partial charge on any atom is 0.0129 e. The highest BCUT2D eigenvalue weighted by molar-refractivity contribution is 7.99. The zero-order valence-corrected chi connectivity index (χ0v) is 8.75. The average Bonchev–Trinajstić information content (AvgIpc) is 2.49. The van der Waals surface area contributed by atoms with E-state index in [4.69, 9.17) is 0 Å². The maximum absolute atomic E-state index is 3.65. The van der Waals surface area contributed by atoms with Gasteiger partial charge in [-0.2, -0.15) is 11.8 Å². The molecule has 2 unspecified atom stereocenters. The van der Waals surface area contributed by atoms with Crippen LogP contribution in [0.25, 0.3) is 0 Å². The topological polar surface area (TPSA) is 12.0 Å². The molecule has 1 N–H and O–H groups in total. The molecule has 2 fully saturated rings. The summed E-state index contributed by atoms with van der Waals surface area (Å²) in [7, 11) is 0. The second-order valence-electron chi connectivity index (χ2n) is 4.18. The Morgan fingerprint density at radius 3 is 3.08 bits per heavy atom. The van der Waals surface area contributed by atoms with Gasteiger partial charge in [-0.3, -0.25) is 0 Å². The molecular formula is C10H19NS. The van der Waals surface area contributed by atoms with Gasteiger partial charge >= 0.3 is 0 Å². The highest BCUT2D eigenvalue weighted by Gasteiger charge is 2.42. The lowest BCUT2D eigenvalue weighted by atomic mass is 9.77. The van der Waals surface area contributed by atoms with Crippen LogP contribution in [-0.2, 0) is 0 Å². The summed E-state index contributed by atoms with van der Waals surface area (Å²) in [5.41, 5.74) is 0.692. The molecule has 2 aliphatic heterocycles. The lowest BCUT2D eigenvalue weighted by molar-refractivity contribution is 0.251. The van der Waals surface area contributed by atoms with Gasteiger partial charge in [0.05, 0.1) is 0 Å². The highest BCUT2D eigenvalue weighted by Crippen LogP contribution is 2.43. The summed E-state index contributed by atoms with van der Waals surface area (Å²) in [4.78, 5) is 0. The van der Waals surface area contributed by atoms with Gasteiger partial charge in [-0.05, 0) is 43.4 Å². The lowest BCUT2D eigenvalue weighted by Crippen LogP contribution is -2.39. The van der Waals surface area contributed by atoms with E-state index in [0.29, 0.717) is 5.41 Å². The minimum Gasteiger partial charge on any atom is -0.313 e. The number of nitrogens with one attached hydrogen (secondary N) is 1. The Hall–Kier alpha value is 0.310. The highest BCUT2D eigenvalue weighted by atomic mass is 32.2. The van der Waals surface area contributed by atoms with Crippen LogP contribution in [0.5, 0.6) is 0 Å². The van der Waals surface area contributed by atoms with Gasteiger partial charge < -0.3 is 5.32 Å². The first-order valence-electron chi connectivity index (χ1n) is 5.18. The Morgan fingerprint density at radius 2 is 2.42 bits per heavy atom. The minimum absolute atomic E-state index is 0.692. The van der Waals surface area contributed by atoms with Gasteiger partial charge in [0.1, 0.15) is 0 Å². The van der Waals surface area contributed by atoms with Crippen molar-refractivity contribution in [2.45, 2.75) is 38.6 Å². The summed E-state index contributed by atoms with van der Waals surface area (Å²) in [5.74, 6) is 2.82. The van der Waals surface area contributed by atoms with Gasteiger partial charge in [0.2, 0.25) is 0 Å². The van der Waals surface area contributed by atoms with Crippen molar-refractivity contribution in [3.05, 3.63) is 0 Å². The van der Waals surface area contributed by atoms with Crippen molar-refractivity contribution >= 4 is 11.8 Å². The summed E-state index contributed by atoms with van der Waals surface area (Å²) < 4.78 is 0. The molecule has 2 aliphatic rings. The zero-order chi connectivity index (χ0) is 8.44. The zero-order valence-electron chi connectivity index (χ0n) is 7.94. The smallest absolute Gasteiger partial charge is 0.0129 e. The molecule has 0 radical (unpaired) electrons. The van der Waals surface area contributed by atoms with Crippen LogP contribution in [0.15, 0.2) is 0 Å². The van der Waals surface area contributed by atoms with Gasteiger partial charge in [0, 0.05) is 11.8 Å². The Kier molecular flexibility index (Phi) is 2.66. The Bertz CT molecular complexity index is 152. The Labute approximate surface area is 79.7 Å². The molecule has 0 saturated carbocycles. The van der Waals surface area contributed by atoms with E-state index in [9.17, 15) is 0 Å². The van der Waals surface area contributed by atoms with E-state index in [2.05, 4.69) is 24.0 Å². The third-order valence-corrected chi connectivity index (χ3v) is 4.87. The van der Waals surface area contributed by atoms with E-state index in [1.165, 1.54) is 43.7 Å². The van der Waals surface area contributed by atoms with Crippen LogP contribution in [0, 0.1) is 5.41 Å². The molecule has 1 spiro atoms. The molecule has 12 heavy (non-hydrogen) atoms. The van der Waals surface area contributed by atoms with Gasteiger partial charge in [-0.1, -0.05) is 6.92 Å². The van der Waals surface area contributed by atoms with Crippen molar-refractivity contribution in [1.82, 2.24) is 5.32 Å². The van der Waals surface area contributed by atoms with Crippen LogP contribution in [0.4, 0.5) is 0 Å². The van der Waals surface area contributed by atoms with Gasteiger partial charge in [0.15, 0.2) is 0 Å². The average molecular weight is 185 g/mol. The molecule has 1 nitrogen and oxygen atoms in total. The van der Waals surface area contributed by atoms with E-state index >= 15 is 0 Å². The van der Waals surface area contributed by atoms with Crippen molar-refractivity contribution in [1.29, 1.82) is 0 Å². The van der Waals surface area contributed by atoms with Crippen molar-refractivity contribution in [2.24, 2.45) is 5.41 Å². The van der Waals surface area contributed by atoms with Crippen LogP contribution in [-0.4, -0.2) is 24.1 Å². The first-order valence-corrected chi connectivity index (χ1v) is 6.34. The lowest BCUT2D eigenvalue weighted by Gasteiger charge is -2.37. The standard InChI is InChI=1S/C10H19NS/c1-2-9-10(5-6-11-9)4-3-7-12-8-10/h9,11H,2-8H2,1H3. The summed E-state index contributed by atoms with van der Waals surface area (Å²) in [6, 6.07) is 0.824. The van der Waals surface area contributed by atoms with Gasteiger partial charge in [-0.25, -0.2) is 0 Å². The first-order chi connectivity index (χ1) is 5.87. The molecule has 2 saturated heterocycles. The fourth-order valence-corrected chi connectivity index (χ4v) is 4.20. The van der Waals surface area contributed by atoms with E-state index in [1.54, 1.807) is 0 Å². The van der Waals surface area contributed by atoms with Crippen molar-refractivity contribution in [2.75, 3.05) is 18.1 Å². The predicted octanol–water partition coefficient (Wildman–Crippen LogP) is 2.27. The van der Waals surface area contributed by atoms with Crippen molar-refractivity contribution in [3.63, 3.8) is 0 Å². The summed E-state index contributed by atoms with van der Waals surface area (Å²) in [6.45, 7) is 3.59. The van der Waals surface area contributed by atoms with Gasteiger partial charge in [0.25, 0.3) is 0 Å². The molecule has 0 amide bonds. The predicted molar refractivity (Wildman–Crippen MR) is 55.7 cm³/mol. The number of thioether (sulfide) groups is 1. The van der Waals surface area contributed by atoms with Gasteiger partial charge in [-0.15, -0.1) is 0 Å². The van der Waals surface area contributed by atoms with Crippen LogP contribution < -0.4 is 5.32 Å². The van der Waals surface area contributed by atoms with Crippen molar-refractivity contribution < 1.29 is 0 Å². The molecule has 0 aromatic heterocycles. The third kappa shape index (κ3) is 1.39. The fourth-order valence-electron chi connectivity index (χ4n) is 2.81. The number of hydrogen-bond acceptors (Lipinski definition) is 2. The van der Waals surface area contributed by atoms with Crippen LogP contribution in [0.2, 0.25) is 0 Å².